The summed E-state index contributed by atoms with van der Waals surface area (Å²) in [6.07, 6.45) is 0. The summed E-state index contributed by atoms with van der Waals surface area (Å²) in [6.45, 7) is 5.46. The molecule has 3 aromatic heterocycles. The molecule has 11 heteroatoms. The molecule has 1 amide bonds. The van der Waals surface area contributed by atoms with Crippen LogP contribution in [0, 0.1) is 12.8 Å². The Morgan fingerprint density at radius 2 is 2.17 bits per heavy atom. The van der Waals surface area contributed by atoms with Gasteiger partial charge in [-0.2, -0.15) is 9.61 Å². The van der Waals surface area contributed by atoms with Crippen molar-refractivity contribution in [3.05, 3.63) is 27.1 Å². The zero-order chi connectivity index (χ0) is 17.3. The Morgan fingerprint density at radius 3 is 2.92 bits per heavy atom. The number of anilines is 1. The molecule has 3 rings (SSSR count). The average molecular weight is 382 g/mol. The number of nitrogens with zero attached hydrogens (tertiary/aromatic N) is 5. The minimum Gasteiger partial charge on any atom is -0.300 e. The molecule has 3 heterocycles. The van der Waals surface area contributed by atoms with Gasteiger partial charge in [-0.3, -0.25) is 9.59 Å². The highest BCUT2D eigenvalue weighted by molar-refractivity contribution is 8.00. The molecule has 0 spiro atoms. The van der Waals surface area contributed by atoms with Crippen LogP contribution in [0.25, 0.3) is 4.96 Å². The molecule has 0 aromatic carbocycles. The summed E-state index contributed by atoms with van der Waals surface area (Å²) in [5.74, 6) is 0.287. The van der Waals surface area contributed by atoms with Gasteiger partial charge >= 0.3 is 0 Å². The highest BCUT2D eigenvalue weighted by Crippen LogP contribution is 2.28. The van der Waals surface area contributed by atoms with E-state index in [1.165, 1.54) is 45.0 Å². The maximum absolute atomic E-state index is 12.0. The molecular weight excluding hydrogens is 368 g/mol. The molecule has 3 aromatic rings. The molecule has 0 aliphatic heterocycles. The second kappa shape index (κ2) is 6.95. The highest BCUT2D eigenvalue weighted by atomic mass is 32.2. The van der Waals surface area contributed by atoms with E-state index in [1.54, 1.807) is 0 Å². The van der Waals surface area contributed by atoms with Crippen LogP contribution in [0.15, 0.2) is 15.2 Å². The Morgan fingerprint density at radius 1 is 1.38 bits per heavy atom. The third kappa shape index (κ3) is 3.79. The largest absolute Gasteiger partial charge is 0.300 e. The molecule has 0 aliphatic rings. The third-order valence-electron chi connectivity index (χ3n) is 2.90. The van der Waals surface area contributed by atoms with Crippen molar-refractivity contribution in [2.75, 3.05) is 5.32 Å². The van der Waals surface area contributed by atoms with Crippen molar-refractivity contribution in [1.29, 1.82) is 0 Å². The van der Waals surface area contributed by atoms with Gasteiger partial charge < -0.3 is 5.32 Å². The predicted octanol–water partition coefficient (Wildman–Crippen LogP) is 2.20. The van der Waals surface area contributed by atoms with E-state index >= 15 is 0 Å². The maximum atomic E-state index is 12.0. The van der Waals surface area contributed by atoms with Gasteiger partial charge in [-0.25, -0.2) is 4.98 Å². The number of thioether (sulfide) groups is 1. The van der Waals surface area contributed by atoms with Gasteiger partial charge in [0.1, 0.15) is 5.01 Å². The number of aromatic nitrogens is 5. The van der Waals surface area contributed by atoms with Crippen LogP contribution in [0.4, 0.5) is 5.13 Å². The zero-order valence-electron chi connectivity index (χ0n) is 13.1. The quantitative estimate of drug-likeness (QED) is 0.533. The molecule has 126 valence electrons. The second-order valence-corrected chi connectivity index (χ2v) is 8.57. The molecule has 8 nitrogen and oxygen atoms in total. The number of nitrogens with one attached hydrogen (secondary N) is 1. The number of carbonyl (C=O) groups excluding carboxylic acids is 1. The van der Waals surface area contributed by atoms with Gasteiger partial charge in [0.15, 0.2) is 4.34 Å². The van der Waals surface area contributed by atoms with Gasteiger partial charge in [0.25, 0.3) is 5.56 Å². The Bertz CT molecular complexity index is 945. The van der Waals surface area contributed by atoms with Crippen molar-refractivity contribution in [1.82, 2.24) is 24.8 Å². The monoisotopic (exact) mass is 382 g/mol. The minimum atomic E-state index is -0.193. The second-order valence-electron chi connectivity index (χ2n) is 5.21. The van der Waals surface area contributed by atoms with Gasteiger partial charge in [0.2, 0.25) is 16.0 Å². The number of carbonyl (C=O) groups is 1. The first kappa shape index (κ1) is 17.0. The summed E-state index contributed by atoms with van der Waals surface area (Å²) in [7, 11) is 0. The predicted molar refractivity (Wildman–Crippen MR) is 94.8 cm³/mol. The number of amides is 1. The smallest absolute Gasteiger partial charge is 0.275 e. The first-order valence-electron chi connectivity index (χ1n) is 7.06. The topological polar surface area (TPSA) is 102 Å². The van der Waals surface area contributed by atoms with Crippen LogP contribution in [-0.4, -0.2) is 30.7 Å². The molecule has 0 saturated carbocycles. The number of fused-ring (bicyclic) bond motifs is 1. The number of hydrogen-bond donors (Lipinski definition) is 1. The first-order chi connectivity index (χ1) is 11.4. The lowest BCUT2D eigenvalue weighted by molar-refractivity contribution is -0.118. The minimum absolute atomic E-state index is 0.0941. The fraction of sp³-hybridized carbons (Fsp3) is 0.385. The molecule has 0 aliphatic carbocycles. The average Bonchev–Trinajstić information content (AvgIpc) is 3.11. The molecule has 0 fully saturated rings. The summed E-state index contributed by atoms with van der Waals surface area (Å²) >= 11 is 4.09. The summed E-state index contributed by atoms with van der Waals surface area (Å²) < 4.78 is 2.01. The number of aryl methyl sites for hydroxylation is 1. The zero-order valence-corrected chi connectivity index (χ0v) is 15.6. The maximum Gasteiger partial charge on any atom is 0.275 e. The molecule has 0 unspecified atom stereocenters. The van der Waals surface area contributed by atoms with E-state index in [9.17, 15) is 9.59 Å². The van der Waals surface area contributed by atoms with Crippen LogP contribution < -0.4 is 10.9 Å². The van der Waals surface area contributed by atoms with Crippen molar-refractivity contribution >= 4 is 50.4 Å². The van der Waals surface area contributed by atoms with Gasteiger partial charge in [0.05, 0.1) is 5.69 Å². The lowest BCUT2D eigenvalue weighted by Crippen LogP contribution is -2.17. The Hall–Kier alpha value is -1.85. The molecule has 24 heavy (non-hydrogen) atoms. The molecular formula is C13H14N6O2S3. The van der Waals surface area contributed by atoms with Gasteiger partial charge in [0, 0.05) is 17.7 Å². The van der Waals surface area contributed by atoms with Gasteiger partial charge in [-0.1, -0.05) is 48.3 Å². The van der Waals surface area contributed by atoms with E-state index in [2.05, 4.69) is 25.6 Å². The normalized spacial score (nSPS) is 11.3. The van der Waals surface area contributed by atoms with E-state index < -0.39 is 0 Å². The molecule has 1 N–H and O–H groups in total. The summed E-state index contributed by atoms with van der Waals surface area (Å²) in [5, 5.41) is 16.1. The summed E-state index contributed by atoms with van der Waals surface area (Å²) in [5.41, 5.74) is 0.471. The standard InChI is InChI=1S/C13H14N6O2S3/c1-6(2)10(21)15-11-16-17-13(24-11)22-5-8-4-9(20)19-12(14-8)23-7(3)18-19/h4,6H,5H2,1-3H3,(H,15,16,21). The summed E-state index contributed by atoms with van der Waals surface area (Å²) in [6, 6.07) is 1.47. The number of hydrogen-bond acceptors (Lipinski definition) is 9. The van der Waals surface area contributed by atoms with Gasteiger partial charge in [-0.15, -0.1) is 10.2 Å². The van der Waals surface area contributed by atoms with E-state index in [0.29, 0.717) is 25.9 Å². The van der Waals surface area contributed by atoms with Crippen molar-refractivity contribution in [3.8, 4) is 0 Å². The van der Waals surface area contributed by atoms with Crippen molar-refractivity contribution < 1.29 is 4.79 Å². The van der Waals surface area contributed by atoms with Crippen LogP contribution in [0.1, 0.15) is 24.5 Å². The number of rotatable bonds is 5. The molecule has 0 atom stereocenters. The molecule has 0 bridgehead atoms. The van der Waals surface area contributed by atoms with E-state index in [1.807, 2.05) is 20.8 Å². The lowest BCUT2D eigenvalue weighted by atomic mass is 10.2. The van der Waals surface area contributed by atoms with Gasteiger partial charge in [-0.05, 0) is 6.92 Å². The van der Waals surface area contributed by atoms with Crippen LogP contribution in [0.3, 0.4) is 0 Å². The highest BCUT2D eigenvalue weighted by Gasteiger charge is 2.12. The van der Waals surface area contributed by atoms with Crippen LogP contribution in [0.2, 0.25) is 0 Å². The fourth-order valence-electron chi connectivity index (χ4n) is 1.73. The molecule has 0 saturated heterocycles. The van der Waals surface area contributed by atoms with Crippen LogP contribution in [-0.2, 0) is 10.5 Å². The fourth-order valence-corrected chi connectivity index (χ4v) is 4.14. The van der Waals surface area contributed by atoms with Crippen LogP contribution in [0.5, 0.6) is 0 Å². The Balaban J connectivity index is 1.69. The van der Waals surface area contributed by atoms with Crippen molar-refractivity contribution in [3.63, 3.8) is 0 Å². The summed E-state index contributed by atoms with van der Waals surface area (Å²) in [4.78, 5) is 28.6. The third-order valence-corrected chi connectivity index (χ3v) is 5.73. The van der Waals surface area contributed by atoms with E-state index in [0.717, 1.165) is 5.01 Å². The van der Waals surface area contributed by atoms with Crippen LogP contribution >= 0.6 is 34.4 Å². The van der Waals surface area contributed by atoms with Crippen molar-refractivity contribution in [2.45, 2.75) is 30.9 Å². The molecule has 0 radical (unpaired) electrons. The lowest BCUT2D eigenvalue weighted by Gasteiger charge is -2.02. The van der Waals surface area contributed by atoms with Crippen molar-refractivity contribution in [2.24, 2.45) is 5.92 Å². The van der Waals surface area contributed by atoms with E-state index in [-0.39, 0.29) is 17.4 Å². The van der Waals surface area contributed by atoms with E-state index in [4.69, 9.17) is 0 Å². The first-order valence-corrected chi connectivity index (χ1v) is 9.68. The SMILES string of the molecule is Cc1nn2c(=O)cc(CSc3nnc(NC(=O)C(C)C)s3)nc2s1. The Labute approximate surface area is 149 Å². The Kier molecular flexibility index (Phi) is 4.92.